The number of nitrogens with zero attached hydrogens (tertiary/aromatic N) is 3. The highest BCUT2D eigenvalue weighted by molar-refractivity contribution is 5.83. The number of aromatic nitrogens is 3. The number of hydrogen-bond acceptors (Lipinski definition) is 4. The third-order valence-electron chi connectivity index (χ3n) is 5.08. The molecule has 1 N–H and O–H groups in total. The third-order valence-corrected chi connectivity index (χ3v) is 5.08. The van der Waals surface area contributed by atoms with E-state index < -0.39 is 11.7 Å². The molecule has 8 heteroatoms. The molecule has 3 aromatic rings. The molecule has 2 aromatic heterocycles. The van der Waals surface area contributed by atoms with Crippen LogP contribution in [0, 0.1) is 0 Å². The molecular weight excluding hydrogens is 381 g/mol. The largest absolute Gasteiger partial charge is 0.416 e. The van der Waals surface area contributed by atoms with E-state index >= 15 is 0 Å². The number of ketones is 1. The fourth-order valence-electron chi connectivity index (χ4n) is 3.70. The van der Waals surface area contributed by atoms with Gasteiger partial charge in [-0.2, -0.15) is 18.3 Å². The van der Waals surface area contributed by atoms with Gasteiger partial charge in [-0.3, -0.25) is 19.8 Å². The minimum atomic E-state index is -4.47. The lowest BCUT2D eigenvalue weighted by Gasteiger charge is -2.26. The Hall–Kier alpha value is -3.00. The van der Waals surface area contributed by atoms with Gasteiger partial charge in [-0.05, 0) is 23.8 Å². The van der Waals surface area contributed by atoms with Gasteiger partial charge < -0.3 is 0 Å². The zero-order chi connectivity index (χ0) is 20.4. The average Bonchev–Trinajstić information content (AvgIpc) is 3.11. The molecule has 1 aromatic carbocycles. The normalized spacial score (nSPS) is 14.6. The molecule has 0 aliphatic carbocycles. The number of rotatable bonds is 5. The van der Waals surface area contributed by atoms with Gasteiger partial charge in [0.2, 0.25) is 0 Å². The van der Waals surface area contributed by atoms with Crippen LogP contribution in [0.25, 0.3) is 11.3 Å². The molecular formula is C21H19F3N4O. The predicted octanol–water partition coefficient (Wildman–Crippen LogP) is 3.66. The van der Waals surface area contributed by atoms with Crippen molar-refractivity contribution in [2.75, 3.05) is 13.1 Å². The second-order valence-electron chi connectivity index (χ2n) is 7.10. The van der Waals surface area contributed by atoms with Crippen molar-refractivity contribution in [1.82, 2.24) is 20.1 Å². The minimum Gasteiger partial charge on any atom is -0.298 e. The Kier molecular flexibility index (Phi) is 5.19. The number of Topliss-reactive ketones (excluding diaryl/α,β-unsaturated/α-hetero) is 1. The minimum absolute atomic E-state index is 0.0171. The van der Waals surface area contributed by atoms with Crippen molar-refractivity contribution in [2.45, 2.75) is 25.6 Å². The lowest BCUT2D eigenvalue weighted by atomic mass is 9.99. The van der Waals surface area contributed by atoms with E-state index in [0.29, 0.717) is 19.5 Å². The number of halogens is 3. The number of benzene rings is 1. The van der Waals surface area contributed by atoms with Crippen LogP contribution in [-0.4, -0.2) is 39.0 Å². The first-order valence-corrected chi connectivity index (χ1v) is 9.27. The fourth-order valence-corrected chi connectivity index (χ4v) is 3.70. The number of carbonyl (C=O) groups is 1. The summed E-state index contributed by atoms with van der Waals surface area (Å²) in [5, 5.41) is 7.45. The zero-order valence-corrected chi connectivity index (χ0v) is 15.5. The van der Waals surface area contributed by atoms with E-state index in [-0.39, 0.29) is 24.3 Å². The van der Waals surface area contributed by atoms with Gasteiger partial charge in [0.05, 0.1) is 17.8 Å². The quantitative estimate of drug-likeness (QED) is 0.710. The lowest BCUT2D eigenvalue weighted by Crippen LogP contribution is -2.35. The summed E-state index contributed by atoms with van der Waals surface area (Å²) in [6.07, 6.45) is -0.605. The van der Waals surface area contributed by atoms with E-state index in [9.17, 15) is 18.0 Å². The van der Waals surface area contributed by atoms with Crippen molar-refractivity contribution < 1.29 is 18.0 Å². The van der Waals surface area contributed by atoms with Crippen molar-refractivity contribution >= 4 is 5.78 Å². The van der Waals surface area contributed by atoms with Crippen LogP contribution in [-0.2, 0) is 30.4 Å². The van der Waals surface area contributed by atoms with Crippen LogP contribution in [0.4, 0.5) is 13.2 Å². The zero-order valence-electron chi connectivity index (χ0n) is 15.5. The topological polar surface area (TPSA) is 61.9 Å². The molecule has 0 spiro atoms. The highest BCUT2D eigenvalue weighted by atomic mass is 19.4. The average molecular weight is 400 g/mol. The summed E-state index contributed by atoms with van der Waals surface area (Å²) in [4.78, 5) is 18.5. The van der Waals surface area contributed by atoms with Crippen LogP contribution in [0.15, 0.2) is 48.8 Å². The van der Waals surface area contributed by atoms with Gasteiger partial charge in [-0.1, -0.05) is 18.2 Å². The van der Waals surface area contributed by atoms with Crippen LogP contribution in [0.1, 0.15) is 22.4 Å². The molecule has 1 aliphatic rings. The molecule has 5 nitrogen and oxygen atoms in total. The number of nitrogens with one attached hydrogen (secondary N) is 1. The summed E-state index contributed by atoms with van der Waals surface area (Å²) < 4.78 is 39.5. The molecule has 29 heavy (non-hydrogen) atoms. The summed E-state index contributed by atoms with van der Waals surface area (Å²) >= 11 is 0. The summed E-state index contributed by atoms with van der Waals surface area (Å²) in [7, 11) is 0. The first kappa shape index (κ1) is 19.3. The first-order valence-electron chi connectivity index (χ1n) is 9.27. The van der Waals surface area contributed by atoms with Crippen LogP contribution < -0.4 is 0 Å². The van der Waals surface area contributed by atoms with Gasteiger partial charge in [0.1, 0.15) is 0 Å². The molecule has 4 rings (SSSR count). The standard InChI is InChI=1S/C21H19F3N4O/c22-21(23,24)18-4-2-1-3-15(18)11-16(29)12-28-10-7-19-17(13-28)20(27-26-19)14-5-8-25-9-6-14/h1-6,8-9H,7,10-13H2,(H,26,27). The van der Waals surface area contributed by atoms with Crippen molar-refractivity contribution in [3.05, 3.63) is 71.2 Å². The molecule has 3 heterocycles. The van der Waals surface area contributed by atoms with Gasteiger partial charge >= 0.3 is 6.18 Å². The third kappa shape index (κ3) is 4.22. The van der Waals surface area contributed by atoms with Crippen molar-refractivity contribution in [3.8, 4) is 11.3 Å². The maximum atomic E-state index is 13.2. The van der Waals surface area contributed by atoms with Crippen molar-refractivity contribution in [1.29, 1.82) is 0 Å². The number of pyridine rings is 1. The van der Waals surface area contributed by atoms with E-state index in [2.05, 4.69) is 15.2 Å². The molecule has 0 saturated carbocycles. The van der Waals surface area contributed by atoms with E-state index in [0.717, 1.165) is 28.6 Å². The maximum absolute atomic E-state index is 13.2. The summed E-state index contributed by atoms with van der Waals surface area (Å²) in [5.41, 5.74) is 3.08. The number of H-pyrrole nitrogens is 1. The van der Waals surface area contributed by atoms with Gasteiger partial charge in [-0.15, -0.1) is 0 Å². The van der Waals surface area contributed by atoms with Gasteiger partial charge in [0, 0.05) is 55.1 Å². The molecule has 0 bridgehead atoms. The smallest absolute Gasteiger partial charge is 0.298 e. The Morgan fingerprint density at radius 1 is 1.14 bits per heavy atom. The first-order chi connectivity index (χ1) is 13.9. The van der Waals surface area contributed by atoms with Crippen LogP contribution in [0.2, 0.25) is 0 Å². The molecule has 0 atom stereocenters. The molecule has 0 saturated heterocycles. The van der Waals surface area contributed by atoms with Crippen LogP contribution >= 0.6 is 0 Å². The molecule has 0 radical (unpaired) electrons. The van der Waals surface area contributed by atoms with Crippen molar-refractivity contribution in [2.24, 2.45) is 0 Å². The maximum Gasteiger partial charge on any atom is 0.416 e. The summed E-state index contributed by atoms with van der Waals surface area (Å²) in [6.45, 7) is 1.28. The molecule has 1 aliphatic heterocycles. The molecule has 150 valence electrons. The second kappa shape index (κ2) is 7.79. The predicted molar refractivity (Wildman–Crippen MR) is 101 cm³/mol. The Balaban J connectivity index is 1.46. The lowest BCUT2D eigenvalue weighted by molar-refractivity contribution is -0.138. The number of fused-ring (bicyclic) bond motifs is 1. The van der Waals surface area contributed by atoms with Gasteiger partial charge in [-0.25, -0.2) is 0 Å². The number of alkyl halides is 3. The van der Waals surface area contributed by atoms with Crippen LogP contribution in [0.5, 0.6) is 0 Å². The molecule has 0 amide bonds. The Bertz CT molecular complexity index is 1010. The Morgan fingerprint density at radius 3 is 2.66 bits per heavy atom. The molecule has 0 unspecified atom stereocenters. The highest BCUT2D eigenvalue weighted by Gasteiger charge is 2.33. The summed E-state index contributed by atoms with van der Waals surface area (Å²) in [6, 6.07) is 8.98. The van der Waals surface area contributed by atoms with E-state index in [4.69, 9.17) is 0 Å². The van der Waals surface area contributed by atoms with Gasteiger partial charge in [0.15, 0.2) is 5.78 Å². The Labute approximate surface area is 165 Å². The monoisotopic (exact) mass is 400 g/mol. The molecule has 0 fully saturated rings. The van der Waals surface area contributed by atoms with E-state index in [1.807, 2.05) is 17.0 Å². The second-order valence-corrected chi connectivity index (χ2v) is 7.10. The van der Waals surface area contributed by atoms with Crippen molar-refractivity contribution in [3.63, 3.8) is 0 Å². The number of hydrogen-bond donors (Lipinski definition) is 1. The number of carbonyl (C=O) groups excluding carboxylic acids is 1. The van der Waals surface area contributed by atoms with E-state index in [1.54, 1.807) is 12.4 Å². The fraction of sp³-hybridized carbons (Fsp3) is 0.286. The van der Waals surface area contributed by atoms with E-state index in [1.165, 1.54) is 18.2 Å². The Morgan fingerprint density at radius 2 is 1.90 bits per heavy atom. The SMILES string of the molecule is O=C(Cc1ccccc1C(F)(F)F)CN1CCc2[nH]nc(-c3ccncc3)c2C1. The van der Waals surface area contributed by atoms with Gasteiger partial charge in [0.25, 0.3) is 0 Å². The highest BCUT2D eigenvalue weighted by Crippen LogP contribution is 2.32. The number of aromatic amines is 1. The van der Waals surface area contributed by atoms with Crippen LogP contribution in [0.3, 0.4) is 0 Å². The summed E-state index contributed by atoms with van der Waals surface area (Å²) in [5.74, 6) is -0.237.